The van der Waals surface area contributed by atoms with Crippen molar-refractivity contribution in [1.29, 1.82) is 5.26 Å². The second kappa shape index (κ2) is 4.47. The van der Waals surface area contributed by atoms with Crippen LogP contribution in [0, 0.1) is 11.3 Å². The van der Waals surface area contributed by atoms with Gasteiger partial charge in [-0.2, -0.15) is 5.26 Å². The van der Waals surface area contributed by atoms with Crippen LogP contribution in [0.1, 0.15) is 23.6 Å². The summed E-state index contributed by atoms with van der Waals surface area (Å²) in [6.07, 6.45) is 3.11. The third-order valence-electron chi connectivity index (χ3n) is 2.93. The number of nitrogens with zero attached hydrogens (tertiary/aromatic N) is 2. The largest absolute Gasteiger partial charge is 0.398 e. The van der Waals surface area contributed by atoms with E-state index in [-0.39, 0.29) is 0 Å². The molecular weight excluding hydrogens is 226 g/mol. The first-order valence-electron chi connectivity index (χ1n) is 5.48. The standard InChI is InChI=1S/C14H13N3O/c1-14(18,12-9-17-6-5-13(12)16)11-4-2-3-10(7-11)8-15/h2-7,9,18H,1H3,(H2,16,17). The van der Waals surface area contributed by atoms with Gasteiger partial charge in [0.2, 0.25) is 0 Å². The predicted molar refractivity (Wildman–Crippen MR) is 68.5 cm³/mol. The fourth-order valence-corrected chi connectivity index (χ4v) is 1.86. The number of benzene rings is 1. The summed E-state index contributed by atoms with van der Waals surface area (Å²) in [5.41, 5.74) is 6.68. The minimum Gasteiger partial charge on any atom is -0.398 e. The number of aliphatic hydroxyl groups is 1. The Labute approximate surface area is 105 Å². The van der Waals surface area contributed by atoms with Gasteiger partial charge in [0.15, 0.2) is 0 Å². The SMILES string of the molecule is CC(O)(c1cccc(C#N)c1)c1cnccc1N. The maximum Gasteiger partial charge on any atom is 0.115 e. The zero-order valence-electron chi connectivity index (χ0n) is 9.96. The molecule has 0 spiro atoms. The van der Waals surface area contributed by atoms with Crippen molar-refractivity contribution < 1.29 is 5.11 Å². The number of nitriles is 1. The summed E-state index contributed by atoms with van der Waals surface area (Å²) >= 11 is 0. The molecule has 90 valence electrons. The molecule has 1 heterocycles. The van der Waals surface area contributed by atoms with E-state index in [1.54, 1.807) is 43.5 Å². The molecule has 0 amide bonds. The Bertz CT molecular complexity index is 614. The third kappa shape index (κ3) is 2.04. The lowest BCUT2D eigenvalue weighted by atomic mass is 9.87. The molecule has 0 bridgehead atoms. The van der Waals surface area contributed by atoms with Crippen molar-refractivity contribution >= 4 is 5.69 Å². The van der Waals surface area contributed by atoms with Gasteiger partial charge < -0.3 is 10.8 Å². The first-order valence-corrected chi connectivity index (χ1v) is 5.48. The van der Waals surface area contributed by atoms with Crippen molar-refractivity contribution in [3.8, 4) is 6.07 Å². The number of hydrogen-bond acceptors (Lipinski definition) is 4. The minimum absolute atomic E-state index is 0.470. The molecule has 4 heteroatoms. The average molecular weight is 239 g/mol. The minimum atomic E-state index is -1.27. The molecule has 0 fully saturated rings. The van der Waals surface area contributed by atoms with Crippen molar-refractivity contribution in [3.63, 3.8) is 0 Å². The van der Waals surface area contributed by atoms with Crippen LogP contribution < -0.4 is 5.73 Å². The van der Waals surface area contributed by atoms with E-state index in [1.807, 2.05) is 6.07 Å². The average Bonchev–Trinajstić information content (AvgIpc) is 2.39. The van der Waals surface area contributed by atoms with E-state index in [1.165, 1.54) is 6.20 Å². The Morgan fingerprint density at radius 1 is 1.39 bits per heavy atom. The van der Waals surface area contributed by atoms with Crippen LogP contribution in [0.2, 0.25) is 0 Å². The Hall–Kier alpha value is -2.38. The first-order chi connectivity index (χ1) is 8.55. The van der Waals surface area contributed by atoms with Gasteiger partial charge in [0.1, 0.15) is 5.60 Å². The van der Waals surface area contributed by atoms with Crippen molar-refractivity contribution in [2.24, 2.45) is 0 Å². The van der Waals surface area contributed by atoms with E-state index in [0.717, 1.165) is 0 Å². The van der Waals surface area contributed by atoms with E-state index in [0.29, 0.717) is 22.4 Å². The highest BCUT2D eigenvalue weighted by Gasteiger charge is 2.28. The molecule has 4 nitrogen and oxygen atoms in total. The molecule has 18 heavy (non-hydrogen) atoms. The summed E-state index contributed by atoms with van der Waals surface area (Å²) < 4.78 is 0. The van der Waals surface area contributed by atoms with E-state index < -0.39 is 5.60 Å². The molecule has 0 radical (unpaired) electrons. The molecule has 3 N–H and O–H groups in total. The summed E-state index contributed by atoms with van der Waals surface area (Å²) in [5, 5.41) is 19.5. The summed E-state index contributed by atoms with van der Waals surface area (Å²) in [5.74, 6) is 0. The number of nitrogen functional groups attached to an aromatic ring is 1. The van der Waals surface area contributed by atoms with Gasteiger partial charge in [0.05, 0.1) is 11.6 Å². The summed E-state index contributed by atoms with van der Waals surface area (Å²) in [4.78, 5) is 3.97. The van der Waals surface area contributed by atoms with Gasteiger partial charge in [-0.3, -0.25) is 4.98 Å². The van der Waals surface area contributed by atoms with E-state index in [4.69, 9.17) is 11.0 Å². The second-order valence-corrected chi connectivity index (χ2v) is 4.23. The monoisotopic (exact) mass is 239 g/mol. The molecule has 0 aliphatic rings. The number of rotatable bonds is 2. The van der Waals surface area contributed by atoms with Gasteiger partial charge >= 0.3 is 0 Å². The van der Waals surface area contributed by atoms with Gasteiger partial charge in [0.25, 0.3) is 0 Å². The highest BCUT2D eigenvalue weighted by Crippen LogP contribution is 2.32. The Balaban J connectivity index is 2.55. The van der Waals surface area contributed by atoms with E-state index >= 15 is 0 Å². The summed E-state index contributed by atoms with van der Waals surface area (Å²) in [6.45, 7) is 1.64. The molecule has 0 saturated carbocycles. The topological polar surface area (TPSA) is 82.9 Å². The van der Waals surface area contributed by atoms with Gasteiger partial charge in [-0.25, -0.2) is 0 Å². The van der Waals surface area contributed by atoms with Crippen LogP contribution in [-0.2, 0) is 5.60 Å². The zero-order chi connectivity index (χ0) is 13.2. The quantitative estimate of drug-likeness (QED) is 0.837. The number of pyridine rings is 1. The molecule has 0 aliphatic carbocycles. The van der Waals surface area contributed by atoms with E-state index in [9.17, 15) is 5.11 Å². The van der Waals surface area contributed by atoms with Crippen molar-refractivity contribution in [2.75, 3.05) is 5.73 Å². The Morgan fingerprint density at radius 2 is 2.17 bits per heavy atom. The molecule has 2 aromatic rings. The van der Waals surface area contributed by atoms with Crippen molar-refractivity contribution in [3.05, 3.63) is 59.4 Å². The fraction of sp³-hybridized carbons (Fsp3) is 0.143. The molecular formula is C14H13N3O. The Kier molecular flexibility index (Phi) is 3.00. The highest BCUT2D eigenvalue weighted by molar-refractivity contribution is 5.52. The van der Waals surface area contributed by atoms with Gasteiger partial charge in [-0.05, 0) is 30.7 Å². The molecule has 0 saturated heterocycles. The number of nitrogens with two attached hydrogens (primary N) is 1. The fourth-order valence-electron chi connectivity index (χ4n) is 1.86. The van der Waals surface area contributed by atoms with Crippen LogP contribution in [-0.4, -0.2) is 10.1 Å². The van der Waals surface area contributed by atoms with Crippen molar-refractivity contribution in [1.82, 2.24) is 4.98 Å². The zero-order valence-corrected chi connectivity index (χ0v) is 9.96. The van der Waals surface area contributed by atoms with Gasteiger partial charge in [0, 0.05) is 23.6 Å². The van der Waals surface area contributed by atoms with Crippen LogP contribution in [0.15, 0.2) is 42.7 Å². The molecule has 2 rings (SSSR count). The lowest BCUT2D eigenvalue weighted by molar-refractivity contribution is 0.103. The van der Waals surface area contributed by atoms with Gasteiger partial charge in [-0.1, -0.05) is 12.1 Å². The van der Waals surface area contributed by atoms with Crippen LogP contribution in [0.3, 0.4) is 0 Å². The predicted octanol–water partition coefficient (Wildman–Crippen LogP) is 1.79. The first kappa shape index (κ1) is 12.1. The lowest BCUT2D eigenvalue weighted by Crippen LogP contribution is -2.24. The second-order valence-electron chi connectivity index (χ2n) is 4.23. The van der Waals surface area contributed by atoms with E-state index in [2.05, 4.69) is 4.98 Å². The van der Waals surface area contributed by atoms with Gasteiger partial charge in [-0.15, -0.1) is 0 Å². The number of aromatic nitrogens is 1. The van der Waals surface area contributed by atoms with Crippen molar-refractivity contribution in [2.45, 2.75) is 12.5 Å². The highest BCUT2D eigenvalue weighted by atomic mass is 16.3. The molecule has 1 aromatic carbocycles. The molecule has 1 unspecified atom stereocenters. The summed E-state index contributed by atoms with van der Waals surface area (Å²) in [6, 6.07) is 10.5. The number of hydrogen-bond donors (Lipinski definition) is 2. The number of anilines is 1. The summed E-state index contributed by atoms with van der Waals surface area (Å²) in [7, 11) is 0. The maximum absolute atomic E-state index is 10.6. The normalized spacial score (nSPS) is 13.6. The van der Waals surface area contributed by atoms with Crippen LogP contribution in [0.5, 0.6) is 0 Å². The Morgan fingerprint density at radius 3 is 2.83 bits per heavy atom. The molecule has 1 atom stereocenters. The van der Waals surface area contributed by atoms with Crippen LogP contribution >= 0.6 is 0 Å². The third-order valence-corrected chi connectivity index (χ3v) is 2.93. The maximum atomic E-state index is 10.6. The van der Waals surface area contributed by atoms with Crippen LogP contribution in [0.25, 0.3) is 0 Å². The molecule has 1 aromatic heterocycles. The smallest absolute Gasteiger partial charge is 0.115 e. The van der Waals surface area contributed by atoms with Crippen LogP contribution in [0.4, 0.5) is 5.69 Å². The lowest BCUT2D eigenvalue weighted by Gasteiger charge is -2.25. The molecule has 0 aliphatic heterocycles.